The highest BCUT2D eigenvalue weighted by atomic mass is 35.5. The molecule has 2 aromatic heterocycles. The van der Waals surface area contributed by atoms with Crippen molar-refractivity contribution in [3.05, 3.63) is 59.4 Å². The second-order valence-corrected chi connectivity index (χ2v) is 5.42. The fourth-order valence-electron chi connectivity index (χ4n) is 1.88. The molecule has 0 amide bonds. The normalized spacial score (nSPS) is 11.1. The molecular formula is C14H11ClN2OS. The zero-order valence-electron chi connectivity index (χ0n) is 9.95. The molecule has 1 N–H and O–H groups in total. The summed E-state index contributed by atoms with van der Waals surface area (Å²) < 4.78 is 1.89. The number of rotatable bonds is 3. The number of hydrogen-bond acceptors (Lipinski definition) is 3. The SMILES string of the molecule is OCc1c(Sc2ccccc2Cl)nc2ccccn12. The number of imidazole rings is 1. The Morgan fingerprint density at radius 1 is 1.16 bits per heavy atom. The highest BCUT2D eigenvalue weighted by Crippen LogP contribution is 2.34. The maximum atomic E-state index is 9.55. The predicted molar refractivity (Wildman–Crippen MR) is 76.7 cm³/mol. The van der Waals surface area contributed by atoms with Gasteiger partial charge in [-0.15, -0.1) is 0 Å². The van der Waals surface area contributed by atoms with Gasteiger partial charge in [-0.1, -0.05) is 41.6 Å². The first-order chi connectivity index (χ1) is 9.29. The largest absolute Gasteiger partial charge is 0.390 e. The Morgan fingerprint density at radius 2 is 1.95 bits per heavy atom. The summed E-state index contributed by atoms with van der Waals surface area (Å²) in [7, 11) is 0. The molecule has 0 bridgehead atoms. The van der Waals surface area contributed by atoms with E-state index in [1.165, 1.54) is 11.8 Å². The van der Waals surface area contributed by atoms with Crippen LogP contribution in [0.3, 0.4) is 0 Å². The Labute approximate surface area is 119 Å². The van der Waals surface area contributed by atoms with Crippen LogP contribution >= 0.6 is 23.4 Å². The smallest absolute Gasteiger partial charge is 0.138 e. The van der Waals surface area contributed by atoms with E-state index in [1.54, 1.807) is 0 Å². The van der Waals surface area contributed by atoms with Crippen LogP contribution in [0.25, 0.3) is 5.65 Å². The van der Waals surface area contributed by atoms with Gasteiger partial charge in [0.15, 0.2) is 0 Å². The van der Waals surface area contributed by atoms with E-state index in [4.69, 9.17) is 11.6 Å². The number of halogens is 1. The minimum absolute atomic E-state index is 0.0576. The topological polar surface area (TPSA) is 37.5 Å². The quantitative estimate of drug-likeness (QED) is 0.800. The van der Waals surface area contributed by atoms with E-state index in [1.807, 2.05) is 53.1 Å². The molecule has 0 unspecified atom stereocenters. The Bertz CT molecular complexity index is 726. The number of fused-ring (bicyclic) bond motifs is 1. The van der Waals surface area contributed by atoms with Gasteiger partial charge in [0.05, 0.1) is 17.3 Å². The molecule has 3 rings (SSSR count). The first kappa shape index (κ1) is 12.5. The molecule has 0 atom stereocenters. The summed E-state index contributed by atoms with van der Waals surface area (Å²) in [5, 5.41) is 11.0. The Morgan fingerprint density at radius 3 is 2.74 bits per heavy atom. The number of hydrogen-bond donors (Lipinski definition) is 1. The highest BCUT2D eigenvalue weighted by molar-refractivity contribution is 7.99. The predicted octanol–water partition coefficient (Wildman–Crippen LogP) is 3.63. The van der Waals surface area contributed by atoms with Gasteiger partial charge in [-0.05, 0) is 24.3 Å². The molecule has 5 heteroatoms. The summed E-state index contributed by atoms with van der Waals surface area (Å²) in [5.74, 6) is 0. The van der Waals surface area contributed by atoms with Gasteiger partial charge in [0, 0.05) is 11.1 Å². The van der Waals surface area contributed by atoms with Crippen molar-refractivity contribution in [3.63, 3.8) is 0 Å². The fraction of sp³-hybridized carbons (Fsp3) is 0.0714. The van der Waals surface area contributed by atoms with E-state index in [0.29, 0.717) is 5.02 Å². The van der Waals surface area contributed by atoms with Crippen LogP contribution in [-0.2, 0) is 6.61 Å². The highest BCUT2D eigenvalue weighted by Gasteiger charge is 2.13. The molecule has 0 saturated carbocycles. The van der Waals surface area contributed by atoms with E-state index < -0.39 is 0 Å². The lowest BCUT2D eigenvalue weighted by Gasteiger charge is -2.03. The molecular weight excluding hydrogens is 280 g/mol. The Kier molecular flexibility index (Phi) is 3.46. The lowest BCUT2D eigenvalue weighted by atomic mass is 10.4. The maximum absolute atomic E-state index is 9.55. The van der Waals surface area contributed by atoms with E-state index in [9.17, 15) is 5.11 Å². The molecule has 0 saturated heterocycles. The fourth-order valence-corrected chi connectivity index (χ4v) is 3.07. The average Bonchev–Trinajstić information content (AvgIpc) is 2.78. The maximum Gasteiger partial charge on any atom is 0.138 e. The van der Waals surface area contributed by atoms with Crippen LogP contribution in [0.5, 0.6) is 0 Å². The van der Waals surface area contributed by atoms with Crippen molar-refractivity contribution < 1.29 is 5.11 Å². The van der Waals surface area contributed by atoms with Crippen LogP contribution in [0.4, 0.5) is 0 Å². The molecule has 0 fully saturated rings. The zero-order chi connectivity index (χ0) is 13.2. The molecule has 96 valence electrons. The third kappa shape index (κ3) is 2.34. The van der Waals surface area contributed by atoms with Gasteiger partial charge < -0.3 is 9.51 Å². The van der Waals surface area contributed by atoms with E-state index in [0.717, 1.165) is 21.3 Å². The van der Waals surface area contributed by atoms with Gasteiger partial charge in [0.2, 0.25) is 0 Å². The summed E-state index contributed by atoms with van der Waals surface area (Å²) in [6, 6.07) is 13.4. The number of aromatic nitrogens is 2. The molecule has 0 radical (unpaired) electrons. The van der Waals surface area contributed by atoms with Crippen molar-refractivity contribution in [2.45, 2.75) is 16.5 Å². The first-order valence-corrected chi connectivity index (χ1v) is 6.98. The zero-order valence-corrected chi connectivity index (χ0v) is 11.5. The van der Waals surface area contributed by atoms with Gasteiger partial charge in [0.25, 0.3) is 0 Å². The number of nitrogens with zero attached hydrogens (tertiary/aromatic N) is 2. The van der Waals surface area contributed by atoms with Crippen LogP contribution in [0.2, 0.25) is 5.02 Å². The summed E-state index contributed by atoms with van der Waals surface area (Å²) in [4.78, 5) is 5.46. The van der Waals surface area contributed by atoms with E-state index in [2.05, 4.69) is 4.98 Å². The lowest BCUT2D eigenvalue weighted by Crippen LogP contribution is -1.92. The molecule has 0 spiro atoms. The third-order valence-electron chi connectivity index (χ3n) is 2.79. The molecule has 19 heavy (non-hydrogen) atoms. The molecule has 0 aliphatic carbocycles. The van der Waals surface area contributed by atoms with Gasteiger partial charge in [-0.25, -0.2) is 4.98 Å². The minimum Gasteiger partial charge on any atom is -0.390 e. The lowest BCUT2D eigenvalue weighted by molar-refractivity contribution is 0.272. The second-order valence-electron chi connectivity index (χ2n) is 3.98. The number of aliphatic hydroxyl groups is 1. The molecule has 3 nitrogen and oxygen atoms in total. The number of benzene rings is 1. The number of pyridine rings is 1. The monoisotopic (exact) mass is 290 g/mol. The van der Waals surface area contributed by atoms with Crippen LogP contribution in [0, 0.1) is 0 Å². The molecule has 3 aromatic rings. The van der Waals surface area contributed by atoms with Crippen molar-refractivity contribution in [1.29, 1.82) is 0 Å². The Balaban J connectivity index is 2.08. The van der Waals surface area contributed by atoms with Crippen LogP contribution in [0.1, 0.15) is 5.69 Å². The summed E-state index contributed by atoms with van der Waals surface area (Å²) >= 11 is 7.62. The minimum atomic E-state index is -0.0576. The van der Waals surface area contributed by atoms with Gasteiger partial charge in [-0.2, -0.15) is 0 Å². The van der Waals surface area contributed by atoms with Crippen molar-refractivity contribution in [2.24, 2.45) is 0 Å². The Hall–Kier alpha value is -1.49. The van der Waals surface area contributed by atoms with Gasteiger partial charge in [0.1, 0.15) is 10.7 Å². The van der Waals surface area contributed by atoms with E-state index in [-0.39, 0.29) is 6.61 Å². The van der Waals surface area contributed by atoms with Crippen LogP contribution in [0.15, 0.2) is 58.6 Å². The standard InChI is InChI=1S/C14H11ClN2OS/c15-10-5-1-2-6-12(10)19-14-11(9-18)17-8-4-3-7-13(17)16-14/h1-8,18H,9H2. The molecule has 1 aromatic carbocycles. The first-order valence-electron chi connectivity index (χ1n) is 5.79. The van der Waals surface area contributed by atoms with E-state index >= 15 is 0 Å². The molecule has 0 aliphatic heterocycles. The summed E-state index contributed by atoms with van der Waals surface area (Å²) in [6.45, 7) is -0.0576. The van der Waals surface area contributed by atoms with Gasteiger partial charge >= 0.3 is 0 Å². The molecule has 2 heterocycles. The third-order valence-corrected chi connectivity index (χ3v) is 4.32. The van der Waals surface area contributed by atoms with Crippen molar-refractivity contribution >= 4 is 29.0 Å². The average molecular weight is 291 g/mol. The second kappa shape index (κ2) is 5.25. The van der Waals surface area contributed by atoms with Crippen molar-refractivity contribution in [1.82, 2.24) is 9.38 Å². The summed E-state index contributed by atoms with van der Waals surface area (Å²) in [6.07, 6.45) is 1.89. The molecule has 0 aliphatic rings. The van der Waals surface area contributed by atoms with Crippen LogP contribution < -0.4 is 0 Å². The van der Waals surface area contributed by atoms with Crippen LogP contribution in [-0.4, -0.2) is 14.5 Å². The summed E-state index contributed by atoms with van der Waals surface area (Å²) in [5.41, 5.74) is 1.60. The van der Waals surface area contributed by atoms with Crippen molar-refractivity contribution in [3.8, 4) is 0 Å². The van der Waals surface area contributed by atoms with Crippen molar-refractivity contribution in [2.75, 3.05) is 0 Å². The number of aliphatic hydroxyl groups excluding tert-OH is 1. The van der Waals surface area contributed by atoms with Gasteiger partial charge in [-0.3, -0.25) is 0 Å².